The topological polar surface area (TPSA) is 95.4 Å². The highest BCUT2D eigenvalue weighted by molar-refractivity contribution is 5.89. The highest BCUT2D eigenvalue weighted by Gasteiger charge is 2.15. The Morgan fingerprint density at radius 1 is 0.958 bits per heavy atom. The number of para-hydroxylation sites is 1. The molecule has 24 heavy (non-hydrogen) atoms. The van der Waals surface area contributed by atoms with Crippen molar-refractivity contribution in [1.82, 2.24) is 9.55 Å². The summed E-state index contributed by atoms with van der Waals surface area (Å²) >= 11 is 0. The summed E-state index contributed by atoms with van der Waals surface area (Å²) in [6.07, 6.45) is 0. The summed E-state index contributed by atoms with van der Waals surface area (Å²) in [7, 11) is 0. The second-order valence-electron chi connectivity index (χ2n) is 5.29. The zero-order valence-electron chi connectivity index (χ0n) is 12.8. The van der Waals surface area contributed by atoms with E-state index in [0.29, 0.717) is 22.7 Å². The summed E-state index contributed by atoms with van der Waals surface area (Å²) < 4.78 is 7.55. The zero-order valence-corrected chi connectivity index (χ0v) is 12.8. The summed E-state index contributed by atoms with van der Waals surface area (Å²) in [5, 5.41) is 4.46. The monoisotopic (exact) mass is 317 g/mol. The van der Waals surface area contributed by atoms with Crippen molar-refractivity contribution in [1.29, 1.82) is 0 Å². The molecule has 118 valence electrons. The lowest BCUT2D eigenvalue weighted by Gasteiger charge is -2.10. The standard InChI is InChI=1S/C18H15N5O/c19-16-14-11-15(12-7-3-1-4-8-12)24-17(14)21-18(22-20)23(16)13-9-5-2-6-10-13/h1-11H,19-20H2/b22-18+. The average molecular weight is 317 g/mol. The number of nitrogens with zero attached hydrogens (tertiary/aromatic N) is 3. The zero-order chi connectivity index (χ0) is 16.5. The number of aromatic nitrogens is 2. The molecule has 4 aromatic rings. The molecule has 0 bridgehead atoms. The maximum Gasteiger partial charge on any atom is 0.255 e. The number of hydrogen-bond acceptors (Lipinski definition) is 5. The van der Waals surface area contributed by atoms with E-state index >= 15 is 0 Å². The van der Waals surface area contributed by atoms with E-state index in [1.54, 1.807) is 4.57 Å². The number of rotatable bonds is 2. The van der Waals surface area contributed by atoms with E-state index in [1.807, 2.05) is 66.7 Å². The normalized spacial score (nSPS) is 11.9. The van der Waals surface area contributed by atoms with Gasteiger partial charge in [-0.15, -0.1) is 5.10 Å². The predicted octanol–water partition coefficient (Wildman–Crippen LogP) is 2.64. The van der Waals surface area contributed by atoms with Crippen molar-refractivity contribution in [2.45, 2.75) is 0 Å². The Morgan fingerprint density at radius 2 is 1.62 bits per heavy atom. The second-order valence-corrected chi connectivity index (χ2v) is 5.29. The summed E-state index contributed by atoms with van der Waals surface area (Å²) in [5.74, 6) is 6.68. The van der Waals surface area contributed by atoms with Crippen molar-refractivity contribution in [3.05, 3.63) is 72.3 Å². The van der Waals surface area contributed by atoms with Crippen LogP contribution in [0.15, 0.2) is 76.2 Å². The van der Waals surface area contributed by atoms with E-state index in [1.165, 1.54) is 0 Å². The van der Waals surface area contributed by atoms with Gasteiger partial charge in [-0.2, -0.15) is 4.98 Å². The molecule has 0 aliphatic carbocycles. The molecule has 0 aliphatic rings. The van der Waals surface area contributed by atoms with Gasteiger partial charge < -0.3 is 16.0 Å². The molecule has 4 N–H and O–H groups in total. The summed E-state index contributed by atoms with van der Waals surface area (Å²) in [6, 6.07) is 21.2. The smallest absolute Gasteiger partial charge is 0.255 e. The molecular weight excluding hydrogens is 302 g/mol. The molecule has 0 saturated heterocycles. The van der Waals surface area contributed by atoms with Crippen molar-refractivity contribution < 1.29 is 4.42 Å². The van der Waals surface area contributed by atoms with Gasteiger partial charge in [-0.25, -0.2) is 0 Å². The van der Waals surface area contributed by atoms with Gasteiger partial charge in [0.25, 0.3) is 5.62 Å². The molecule has 0 atom stereocenters. The van der Waals surface area contributed by atoms with E-state index in [0.717, 1.165) is 11.3 Å². The molecule has 2 aromatic heterocycles. The van der Waals surface area contributed by atoms with Gasteiger partial charge in [0, 0.05) is 5.56 Å². The fourth-order valence-electron chi connectivity index (χ4n) is 2.68. The fourth-order valence-corrected chi connectivity index (χ4v) is 2.68. The first-order valence-corrected chi connectivity index (χ1v) is 7.45. The first-order chi connectivity index (χ1) is 11.8. The Labute approximate surface area is 137 Å². The van der Waals surface area contributed by atoms with Crippen LogP contribution in [-0.4, -0.2) is 9.55 Å². The Morgan fingerprint density at radius 3 is 2.29 bits per heavy atom. The van der Waals surface area contributed by atoms with Crippen molar-refractivity contribution in [2.24, 2.45) is 10.9 Å². The lowest BCUT2D eigenvalue weighted by molar-refractivity contribution is 0.612. The van der Waals surface area contributed by atoms with Crippen LogP contribution in [0.4, 0.5) is 5.82 Å². The maximum atomic E-state index is 6.37. The second kappa shape index (κ2) is 5.58. The number of furan rings is 1. The number of anilines is 1. The minimum Gasteiger partial charge on any atom is -0.437 e. The van der Waals surface area contributed by atoms with E-state index in [4.69, 9.17) is 16.0 Å². The highest BCUT2D eigenvalue weighted by Crippen LogP contribution is 2.29. The third-order valence-electron chi connectivity index (χ3n) is 3.82. The lowest BCUT2D eigenvalue weighted by Crippen LogP contribution is -2.26. The third kappa shape index (κ3) is 2.21. The van der Waals surface area contributed by atoms with Crippen LogP contribution in [-0.2, 0) is 0 Å². The lowest BCUT2D eigenvalue weighted by atomic mass is 10.2. The molecule has 6 nitrogen and oxygen atoms in total. The first-order valence-electron chi connectivity index (χ1n) is 7.45. The summed E-state index contributed by atoms with van der Waals surface area (Å²) in [5.41, 5.74) is 8.83. The van der Waals surface area contributed by atoms with Crippen LogP contribution in [0.1, 0.15) is 0 Å². The molecule has 0 fully saturated rings. The van der Waals surface area contributed by atoms with Gasteiger partial charge in [0.05, 0.1) is 11.1 Å². The maximum absolute atomic E-state index is 6.37. The largest absolute Gasteiger partial charge is 0.437 e. The van der Waals surface area contributed by atoms with E-state index in [-0.39, 0.29) is 5.62 Å². The molecule has 6 heteroatoms. The van der Waals surface area contributed by atoms with Gasteiger partial charge in [0.15, 0.2) is 0 Å². The summed E-state index contributed by atoms with van der Waals surface area (Å²) in [4.78, 5) is 4.40. The van der Waals surface area contributed by atoms with Gasteiger partial charge >= 0.3 is 0 Å². The molecule has 0 amide bonds. The number of benzene rings is 2. The van der Waals surface area contributed by atoms with Crippen LogP contribution < -0.4 is 17.2 Å². The quantitative estimate of drug-likeness (QED) is 0.439. The van der Waals surface area contributed by atoms with Gasteiger partial charge in [0.2, 0.25) is 5.71 Å². The minimum atomic E-state index is 0.278. The van der Waals surface area contributed by atoms with Crippen molar-refractivity contribution in [2.75, 3.05) is 5.73 Å². The van der Waals surface area contributed by atoms with Crippen LogP contribution in [0.3, 0.4) is 0 Å². The number of nitrogen functional groups attached to an aromatic ring is 1. The Bertz CT molecular complexity index is 1070. The average Bonchev–Trinajstić information content (AvgIpc) is 3.07. The Hall–Kier alpha value is -3.54. The highest BCUT2D eigenvalue weighted by atomic mass is 16.3. The first kappa shape index (κ1) is 14.1. The van der Waals surface area contributed by atoms with Crippen LogP contribution in [0, 0.1) is 0 Å². The predicted molar refractivity (Wildman–Crippen MR) is 92.9 cm³/mol. The van der Waals surface area contributed by atoms with E-state index < -0.39 is 0 Å². The Balaban J connectivity index is 2.01. The Kier molecular flexibility index (Phi) is 3.28. The van der Waals surface area contributed by atoms with Crippen LogP contribution in [0.25, 0.3) is 28.1 Å². The number of hydrogen-bond donors (Lipinski definition) is 2. The van der Waals surface area contributed by atoms with Gasteiger partial charge in [-0.05, 0) is 18.2 Å². The van der Waals surface area contributed by atoms with Crippen molar-refractivity contribution in [3.8, 4) is 17.0 Å². The molecule has 0 radical (unpaired) electrons. The van der Waals surface area contributed by atoms with Crippen LogP contribution in [0.2, 0.25) is 0 Å². The van der Waals surface area contributed by atoms with Gasteiger partial charge in [-0.1, -0.05) is 48.5 Å². The molecule has 2 heterocycles. The van der Waals surface area contributed by atoms with Gasteiger partial charge in [-0.3, -0.25) is 4.57 Å². The van der Waals surface area contributed by atoms with Crippen molar-refractivity contribution in [3.63, 3.8) is 0 Å². The van der Waals surface area contributed by atoms with Crippen molar-refractivity contribution >= 4 is 16.9 Å². The molecular formula is C18H15N5O. The SMILES string of the molecule is N/N=c1\nc2oc(-c3ccccc3)cc2c(N)n1-c1ccccc1. The number of fused-ring (bicyclic) bond motifs is 1. The van der Waals surface area contributed by atoms with Crippen LogP contribution in [0.5, 0.6) is 0 Å². The molecule has 0 aliphatic heterocycles. The summed E-state index contributed by atoms with van der Waals surface area (Å²) in [6.45, 7) is 0. The molecule has 0 spiro atoms. The number of nitrogens with two attached hydrogens (primary N) is 2. The van der Waals surface area contributed by atoms with Crippen LogP contribution >= 0.6 is 0 Å². The molecule has 0 saturated carbocycles. The van der Waals surface area contributed by atoms with E-state index in [9.17, 15) is 0 Å². The molecule has 2 aromatic carbocycles. The minimum absolute atomic E-state index is 0.278. The van der Waals surface area contributed by atoms with E-state index in [2.05, 4.69) is 10.1 Å². The molecule has 4 rings (SSSR count). The third-order valence-corrected chi connectivity index (χ3v) is 3.82. The fraction of sp³-hybridized carbons (Fsp3) is 0. The molecule has 0 unspecified atom stereocenters. The van der Waals surface area contributed by atoms with Gasteiger partial charge in [0.1, 0.15) is 11.6 Å².